The Bertz CT molecular complexity index is 922. The molecule has 2 aromatic carbocycles. The minimum Gasteiger partial charge on any atom is -0.332 e. The number of carbonyl (C=O) groups is 3. The zero-order valence-corrected chi connectivity index (χ0v) is 18.0. The third kappa shape index (κ3) is 4.08. The summed E-state index contributed by atoms with van der Waals surface area (Å²) in [5.74, 6) is -0.655. The maximum absolute atomic E-state index is 13.3. The van der Waals surface area contributed by atoms with Gasteiger partial charge in [0, 0.05) is 12.1 Å². The SMILES string of the molecule is CC[C@]1(c2ccccc2)NC(=O)N(CC(=O)N(Cc2ccccc2)C(C)(C)C)C1=O. The second kappa shape index (κ2) is 8.30. The molecule has 3 rings (SSSR count). The van der Waals surface area contributed by atoms with Gasteiger partial charge in [-0.25, -0.2) is 4.79 Å². The molecule has 1 heterocycles. The highest BCUT2D eigenvalue weighted by atomic mass is 16.2. The summed E-state index contributed by atoms with van der Waals surface area (Å²) >= 11 is 0. The molecular weight excluding hydrogens is 378 g/mol. The van der Waals surface area contributed by atoms with Crippen molar-refractivity contribution in [1.82, 2.24) is 15.1 Å². The van der Waals surface area contributed by atoms with Gasteiger partial charge in [0.2, 0.25) is 5.91 Å². The Morgan fingerprint density at radius 1 is 1.00 bits per heavy atom. The maximum atomic E-state index is 13.3. The van der Waals surface area contributed by atoms with Crippen molar-refractivity contribution in [2.24, 2.45) is 0 Å². The van der Waals surface area contributed by atoms with Gasteiger partial charge in [-0.3, -0.25) is 14.5 Å². The van der Waals surface area contributed by atoms with Gasteiger partial charge in [0.05, 0.1) is 0 Å². The molecule has 1 N–H and O–H groups in total. The van der Waals surface area contributed by atoms with Crippen molar-refractivity contribution in [3.63, 3.8) is 0 Å². The average Bonchev–Trinajstić information content (AvgIpc) is 2.97. The van der Waals surface area contributed by atoms with E-state index in [2.05, 4.69) is 5.32 Å². The van der Waals surface area contributed by atoms with E-state index in [0.717, 1.165) is 16.0 Å². The summed E-state index contributed by atoms with van der Waals surface area (Å²) < 4.78 is 0. The van der Waals surface area contributed by atoms with Crippen molar-refractivity contribution in [1.29, 1.82) is 0 Å². The Hall–Kier alpha value is -3.15. The quantitative estimate of drug-likeness (QED) is 0.743. The van der Waals surface area contributed by atoms with Gasteiger partial charge in [-0.2, -0.15) is 0 Å². The Kier molecular flexibility index (Phi) is 5.97. The average molecular weight is 408 g/mol. The van der Waals surface area contributed by atoms with Crippen molar-refractivity contribution in [2.75, 3.05) is 6.54 Å². The van der Waals surface area contributed by atoms with Crippen LogP contribution in [0.5, 0.6) is 0 Å². The third-order valence-electron chi connectivity index (χ3n) is 5.56. The van der Waals surface area contributed by atoms with E-state index < -0.39 is 17.1 Å². The van der Waals surface area contributed by atoms with Crippen LogP contribution in [0.15, 0.2) is 60.7 Å². The number of nitrogens with zero attached hydrogens (tertiary/aromatic N) is 2. The molecule has 0 unspecified atom stereocenters. The molecule has 0 spiro atoms. The van der Waals surface area contributed by atoms with E-state index in [1.54, 1.807) is 4.90 Å². The first-order valence-electron chi connectivity index (χ1n) is 10.2. The van der Waals surface area contributed by atoms with Gasteiger partial charge in [0.1, 0.15) is 12.1 Å². The van der Waals surface area contributed by atoms with E-state index in [-0.39, 0.29) is 18.4 Å². The summed E-state index contributed by atoms with van der Waals surface area (Å²) in [4.78, 5) is 42.0. The first-order chi connectivity index (χ1) is 14.2. The molecule has 0 radical (unpaired) electrons. The molecular formula is C24H29N3O3. The highest BCUT2D eigenvalue weighted by Gasteiger charge is 2.52. The summed E-state index contributed by atoms with van der Waals surface area (Å²) in [5.41, 5.74) is 0.112. The maximum Gasteiger partial charge on any atom is 0.325 e. The molecule has 1 fully saturated rings. The van der Waals surface area contributed by atoms with Crippen LogP contribution < -0.4 is 5.32 Å². The van der Waals surface area contributed by atoms with E-state index in [4.69, 9.17) is 0 Å². The van der Waals surface area contributed by atoms with Crippen LogP contribution in [0.1, 0.15) is 45.2 Å². The standard InChI is InChI=1S/C24H29N3O3/c1-5-24(19-14-10-7-11-15-19)21(29)26(22(30)25-24)17-20(28)27(23(2,3)4)16-18-12-8-6-9-13-18/h6-15H,5,16-17H2,1-4H3,(H,25,30)/t24-/m1/s1. The van der Waals surface area contributed by atoms with Crippen molar-refractivity contribution < 1.29 is 14.4 Å². The molecule has 0 bridgehead atoms. The molecule has 30 heavy (non-hydrogen) atoms. The topological polar surface area (TPSA) is 69.7 Å². The second-order valence-corrected chi connectivity index (χ2v) is 8.58. The van der Waals surface area contributed by atoms with Gasteiger partial charge in [-0.15, -0.1) is 0 Å². The molecule has 4 amide bonds. The third-order valence-corrected chi connectivity index (χ3v) is 5.56. The van der Waals surface area contributed by atoms with E-state index in [0.29, 0.717) is 13.0 Å². The van der Waals surface area contributed by atoms with Crippen LogP contribution in [0, 0.1) is 0 Å². The number of rotatable bonds is 6. The summed E-state index contributed by atoms with van der Waals surface area (Å²) in [7, 11) is 0. The molecule has 1 atom stereocenters. The summed E-state index contributed by atoms with van der Waals surface area (Å²) in [6, 6.07) is 18.3. The molecule has 158 valence electrons. The van der Waals surface area contributed by atoms with Crippen LogP contribution in [0.25, 0.3) is 0 Å². The fraction of sp³-hybridized carbons (Fsp3) is 0.375. The lowest BCUT2D eigenvalue weighted by Crippen LogP contribution is -2.50. The molecule has 2 aromatic rings. The van der Waals surface area contributed by atoms with Gasteiger partial charge in [-0.1, -0.05) is 67.6 Å². The number of amides is 4. The van der Waals surface area contributed by atoms with Gasteiger partial charge in [-0.05, 0) is 38.3 Å². The number of carbonyl (C=O) groups excluding carboxylic acids is 3. The predicted octanol–water partition coefficient (Wildman–Crippen LogP) is 3.67. The number of urea groups is 1. The molecule has 1 aliphatic heterocycles. The second-order valence-electron chi connectivity index (χ2n) is 8.58. The van der Waals surface area contributed by atoms with Gasteiger partial charge >= 0.3 is 6.03 Å². The number of benzene rings is 2. The molecule has 0 saturated carbocycles. The Labute approximate surface area is 177 Å². The Balaban J connectivity index is 1.84. The van der Waals surface area contributed by atoms with Crippen LogP contribution in [0.3, 0.4) is 0 Å². The Morgan fingerprint density at radius 2 is 1.57 bits per heavy atom. The highest BCUT2D eigenvalue weighted by molar-refractivity contribution is 6.09. The van der Waals surface area contributed by atoms with Crippen LogP contribution in [-0.2, 0) is 21.7 Å². The van der Waals surface area contributed by atoms with Crippen molar-refractivity contribution >= 4 is 17.8 Å². The minimum absolute atomic E-state index is 0.269. The zero-order valence-electron chi connectivity index (χ0n) is 18.0. The van der Waals surface area contributed by atoms with E-state index in [9.17, 15) is 14.4 Å². The zero-order chi connectivity index (χ0) is 21.9. The lowest BCUT2D eigenvalue weighted by molar-refractivity contribution is -0.142. The van der Waals surface area contributed by atoms with Gasteiger partial charge in [0.15, 0.2) is 0 Å². The van der Waals surface area contributed by atoms with E-state index in [1.807, 2.05) is 88.4 Å². The smallest absolute Gasteiger partial charge is 0.325 e. The largest absolute Gasteiger partial charge is 0.332 e. The number of imide groups is 1. The molecule has 6 heteroatoms. The molecule has 0 aromatic heterocycles. The molecule has 6 nitrogen and oxygen atoms in total. The first kappa shape index (κ1) is 21.6. The van der Waals surface area contributed by atoms with Gasteiger partial charge < -0.3 is 10.2 Å². The molecule has 0 aliphatic carbocycles. The normalized spacial score (nSPS) is 19.0. The van der Waals surface area contributed by atoms with Crippen molar-refractivity contribution in [2.45, 2.75) is 51.7 Å². The minimum atomic E-state index is -1.13. The Morgan fingerprint density at radius 3 is 2.10 bits per heavy atom. The number of hydrogen-bond acceptors (Lipinski definition) is 3. The van der Waals surface area contributed by atoms with Crippen LogP contribution in [0.2, 0.25) is 0 Å². The van der Waals surface area contributed by atoms with Gasteiger partial charge in [0.25, 0.3) is 5.91 Å². The number of nitrogens with one attached hydrogen (secondary N) is 1. The lowest BCUT2D eigenvalue weighted by atomic mass is 9.87. The van der Waals surface area contributed by atoms with Crippen molar-refractivity contribution in [3.05, 3.63) is 71.8 Å². The molecule has 1 aliphatic rings. The fourth-order valence-corrected chi connectivity index (χ4v) is 3.82. The van der Waals surface area contributed by atoms with Crippen LogP contribution in [0.4, 0.5) is 4.79 Å². The summed E-state index contributed by atoms with van der Waals surface area (Å²) in [6.07, 6.45) is 0.402. The summed E-state index contributed by atoms with van der Waals surface area (Å²) in [5, 5.41) is 2.83. The summed E-state index contributed by atoms with van der Waals surface area (Å²) in [6.45, 7) is 7.81. The van der Waals surface area contributed by atoms with Crippen LogP contribution >= 0.6 is 0 Å². The first-order valence-corrected chi connectivity index (χ1v) is 10.2. The van der Waals surface area contributed by atoms with Crippen molar-refractivity contribution in [3.8, 4) is 0 Å². The van der Waals surface area contributed by atoms with Crippen LogP contribution in [-0.4, -0.2) is 39.7 Å². The number of hydrogen-bond donors (Lipinski definition) is 1. The molecule has 1 saturated heterocycles. The fourth-order valence-electron chi connectivity index (χ4n) is 3.82. The lowest BCUT2D eigenvalue weighted by Gasteiger charge is -2.36. The predicted molar refractivity (Wildman–Crippen MR) is 115 cm³/mol. The van der Waals surface area contributed by atoms with E-state index >= 15 is 0 Å². The monoisotopic (exact) mass is 407 g/mol. The highest BCUT2D eigenvalue weighted by Crippen LogP contribution is 2.32. The van der Waals surface area contributed by atoms with E-state index in [1.165, 1.54) is 0 Å².